The first-order chi connectivity index (χ1) is 19.9. The lowest BCUT2D eigenvalue weighted by Crippen LogP contribution is -2.61. The molecule has 4 atom stereocenters. The van der Waals surface area contributed by atoms with E-state index in [9.17, 15) is 44.7 Å². The van der Waals surface area contributed by atoms with Crippen molar-refractivity contribution in [2.45, 2.75) is 43.8 Å². The van der Waals surface area contributed by atoms with Crippen LogP contribution < -0.4 is 4.74 Å². The van der Waals surface area contributed by atoms with Crippen molar-refractivity contribution in [3.63, 3.8) is 0 Å². The quantitative estimate of drug-likeness (QED) is 0.250. The van der Waals surface area contributed by atoms with Crippen LogP contribution in [-0.2, 0) is 25.5 Å². The van der Waals surface area contributed by atoms with Gasteiger partial charge in [0.25, 0.3) is 5.60 Å². The number of methoxy groups -OCH3 is 1. The van der Waals surface area contributed by atoms with Crippen molar-refractivity contribution >= 4 is 34.8 Å². The zero-order chi connectivity index (χ0) is 30.0. The number of fused-ring (bicyclic) bond motifs is 3. The van der Waals surface area contributed by atoms with Crippen molar-refractivity contribution in [3.05, 3.63) is 74.9 Å². The molecule has 11 nitrogen and oxygen atoms in total. The average Bonchev–Trinajstić information content (AvgIpc) is 3.16. The van der Waals surface area contributed by atoms with E-state index in [0.29, 0.717) is 5.56 Å². The van der Waals surface area contributed by atoms with Gasteiger partial charge in [-0.2, -0.15) is 0 Å². The van der Waals surface area contributed by atoms with Crippen LogP contribution in [0.1, 0.15) is 56.9 Å². The number of ketones is 3. The van der Waals surface area contributed by atoms with Crippen LogP contribution in [0.3, 0.4) is 0 Å². The number of carbonyl (C=O) groups excluding carboxylic acids is 4. The van der Waals surface area contributed by atoms with Gasteiger partial charge in [0.15, 0.2) is 17.3 Å². The lowest BCUT2D eigenvalue weighted by atomic mass is 9.62. The molecule has 1 aliphatic heterocycles. The largest absolute Gasteiger partial charge is 0.507 e. The summed E-state index contributed by atoms with van der Waals surface area (Å²) in [4.78, 5) is 54.1. The molecule has 2 aromatic carbocycles. The first-order valence-corrected chi connectivity index (χ1v) is 13.3. The van der Waals surface area contributed by atoms with Crippen molar-refractivity contribution in [2.24, 2.45) is 5.41 Å². The number of ether oxygens (including phenoxy) is 2. The second-order valence-corrected chi connectivity index (χ2v) is 11.3. The average molecular weight is 573 g/mol. The molecule has 1 fully saturated rings. The standard InChI is InChI=1S/C31H24O11/c1-11-7-14-20(16(33)8-11)26(37)23-24(35)13-5-6-30(23,28(14)39)10-12-9-17-21(25(36)19(12)13)27(38)22-15(32)3-4-18(34)31(22,42-17)29(40)41-2/h5-9,13,18,33-34,36-38H,3-4,10H2,1-2H3/t13-,18-,30-,31-/m0/s1. The molecule has 5 aliphatic carbocycles. The van der Waals surface area contributed by atoms with Gasteiger partial charge in [0.05, 0.1) is 35.2 Å². The number of allylic oxidation sites excluding steroid dienone is 3. The topological polar surface area (TPSA) is 188 Å². The summed E-state index contributed by atoms with van der Waals surface area (Å²) >= 11 is 0. The van der Waals surface area contributed by atoms with Crippen LogP contribution in [0.15, 0.2) is 41.5 Å². The predicted octanol–water partition coefficient (Wildman–Crippen LogP) is 2.63. The van der Waals surface area contributed by atoms with E-state index in [1.807, 2.05) is 0 Å². The number of aryl methyl sites for hydroxylation is 1. The first kappa shape index (κ1) is 26.0. The smallest absolute Gasteiger partial charge is 0.358 e. The van der Waals surface area contributed by atoms with Gasteiger partial charge < -0.3 is 35.0 Å². The van der Waals surface area contributed by atoms with Gasteiger partial charge in [0, 0.05) is 17.5 Å². The summed E-state index contributed by atoms with van der Waals surface area (Å²) in [6.07, 6.45) is 0.757. The molecule has 11 heteroatoms. The highest BCUT2D eigenvalue weighted by Gasteiger charge is 2.62. The molecule has 0 amide bonds. The van der Waals surface area contributed by atoms with Crippen molar-refractivity contribution in [3.8, 4) is 17.2 Å². The van der Waals surface area contributed by atoms with Crippen LogP contribution in [0.2, 0.25) is 0 Å². The van der Waals surface area contributed by atoms with E-state index in [-0.39, 0.29) is 64.2 Å². The molecule has 0 saturated heterocycles. The molecule has 1 saturated carbocycles. The highest BCUT2D eigenvalue weighted by molar-refractivity contribution is 6.23. The number of aliphatic hydroxyl groups excluding tert-OH is 3. The monoisotopic (exact) mass is 572 g/mol. The second-order valence-electron chi connectivity index (χ2n) is 11.3. The van der Waals surface area contributed by atoms with Crippen molar-refractivity contribution in [2.75, 3.05) is 7.11 Å². The van der Waals surface area contributed by atoms with E-state index in [0.717, 1.165) is 7.11 Å². The van der Waals surface area contributed by atoms with Gasteiger partial charge in [-0.25, -0.2) is 4.79 Å². The minimum Gasteiger partial charge on any atom is -0.507 e. The van der Waals surface area contributed by atoms with E-state index in [2.05, 4.69) is 0 Å². The zero-order valence-electron chi connectivity index (χ0n) is 22.3. The van der Waals surface area contributed by atoms with Crippen LogP contribution in [-0.4, -0.2) is 67.7 Å². The number of hydrogen-bond acceptors (Lipinski definition) is 11. The highest BCUT2D eigenvalue weighted by Crippen LogP contribution is 2.59. The Balaban J connectivity index is 1.50. The number of benzene rings is 2. The summed E-state index contributed by atoms with van der Waals surface area (Å²) in [5.41, 5.74) is -4.61. The summed E-state index contributed by atoms with van der Waals surface area (Å²) in [5.74, 6) is -6.91. The number of hydrogen-bond donors (Lipinski definition) is 5. The summed E-state index contributed by atoms with van der Waals surface area (Å²) in [6, 6.07) is 4.22. The molecular formula is C31H24O11. The van der Waals surface area contributed by atoms with Gasteiger partial charge in [-0.05, 0) is 49.1 Å². The molecule has 8 rings (SSSR count). The Kier molecular flexibility index (Phi) is 5.02. The lowest BCUT2D eigenvalue weighted by molar-refractivity contribution is -0.169. The molecule has 0 unspecified atom stereocenters. The maximum absolute atomic E-state index is 14.1. The predicted molar refractivity (Wildman–Crippen MR) is 143 cm³/mol. The fraction of sp³-hybridized carbons (Fsp3) is 0.290. The van der Waals surface area contributed by atoms with Crippen LogP contribution in [0.4, 0.5) is 0 Å². The van der Waals surface area contributed by atoms with Gasteiger partial charge >= 0.3 is 5.97 Å². The van der Waals surface area contributed by atoms with Crippen molar-refractivity contribution in [1.82, 2.24) is 0 Å². The second kappa shape index (κ2) is 8.10. The van der Waals surface area contributed by atoms with Gasteiger partial charge in [-0.3, -0.25) is 14.4 Å². The van der Waals surface area contributed by atoms with E-state index < -0.39 is 69.2 Å². The minimum atomic E-state index is -2.41. The van der Waals surface area contributed by atoms with E-state index in [4.69, 9.17) is 9.47 Å². The Hall–Kier alpha value is -4.90. The summed E-state index contributed by atoms with van der Waals surface area (Å²) in [7, 11) is 1.03. The molecule has 2 aromatic rings. The Labute approximate surface area is 237 Å². The molecule has 5 N–H and O–H groups in total. The summed E-state index contributed by atoms with van der Waals surface area (Å²) in [5, 5.41) is 55.8. The van der Waals surface area contributed by atoms with Crippen molar-refractivity contribution in [1.29, 1.82) is 0 Å². The third-order valence-corrected chi connectivity index (χ3v) is 9.10. The molecule has 0 aromatic heterocycles. The van der Waals surface area contributed by atoms with Gasteiger partial charge in [-0.1, -0.05) is 12.2 Å². The number of phenols is 2. The van der Waals surface area contributed by atoms with Crippen LogP contribution in [0.5, 0.6) is 17.2 Å². The van der Waals surface area contributed by atoms with Gasteiger partial charge in [0.1, 0.15) is 40.4 Å². The zero-order valence-corrected chi connectivity index (χ0v) is 22.3. The molecule has 1 heterocycles. The van der Waals surface area contributed by atoms with Gasteiger partial charge in [0.2, 0.25) is 0 Å². The molecular weight excluding hydrogens is 548 g/mol. The minimum absolute atomic E-state index is 0.0176. The van der Waals surface area contributed by atoms with E-state index in [1.165, 1.54) is 30.4 Å². The van der Waals surface area contributed by atoms with Crippen molar-refractivity contribution < 1.29 is 54.2 Å². The normalized spacial score (nSPS) is 28.8. The Morgan fingerprint density at radius 1 is 1.02 bits per heavy atom. The summed E-state index contributed by atoms with van der Waals surface area (Å²) in [6.45, 7) is 1.67. The maximum atomic E-state index is 14.1. The SMILES string of the molecule is COC(=O)[C@@]12Oc3cc4c(c(O)c3C(O)=C1C(=O)CC[C@@H]2O)[C@@H]1C=C[C@@]2(C4)C(=O)c3cc(C)cc(O)c3C(O)=C2C1=O. The third kappa shape index (κ3) is 2.83. The molecule has 0 radical (unpaired) electrons. The molecule has 42 heavy (non-hydrogen) atoms. The number of carbonyl (C=O) groups is 4. The molecule has 6 aliphatic rings. The number of esters is 1. The molecule has 214 valence electrons. The number of phenolic OH excluding ortho intramolecular Hbond substituents is 2. The first-order valence-electron chi connectivity index (χ1n) is 13.3. The summed E-state index contributed by atoms with van der Waals surface area (Å²) < 4.78 is 10.9. The third-order valence-electron chi connectivity index (χ3n) is 9.10. The molecule has 2 bridgehead atoms. The Morgan fingerprint density at radius 2 is 1.74 bits per heavy atom. The van der Waals surface area contributed by atoms with Crippen LogP contribution in [0, 0.1) is 12.3 Å². The van der Waals surface area contributed by atoms with E-state index in [1.54, 1.807) is 6.92 Å². The number of aromatic hydroxyl groups is 2. The van der Waals surface area contributed by atoms with Crippen LogP contribution >= 0.6 is 0 Å². The fourth-order valence-corrected chi connectivity index (χ4v) is 7.28. The fourth-order valence-electron chi connectivity index (χ4n) is 7.28. The number of aliphatic hydroxyl groups is 3. The number of rotatable bonds is 1. The Morgan fingerprint density at radius 3 is 2.45 bits per heavy atom. The molecule has 1 spiro atoms. The Bertz CT molecular complexity index is 1830. The lowest BCUT2D eigenvalue weighted by Gasteiger charge is -2.43. The highest BCUT2D eigenvalue weighted by atomic mass is 16.6. The van der Waals surface area contributed by atoms with Crippen LogP contribution in [0.25, 0.3) is 11.5 Å². The number of Topliss-reactive ketones (excluding diaryl/α,β-unsaturated/α-hetero) is 3. The van der Waals surface area contributed by atoms with E-state index >= 15 is 0 Å². The maximum Gasteiger partial charge on any atom is 0.358 e. The van der Waals surface area contributed by atoms with Gasteiger partial charge in [-0.15, -0.1) is 0 Å².